The number of aliphatic hydroxyl groups excluding tert-OH is 1. The molecular formula is C16H25NO2. The van der Waals surface area contributed by atoms with E-state index in [1.807, 2.05) is 0 Å². The molecule has 1 heterocycles. The van der Waals surface area contributed by atoms with Gasteiger partial charge in [-0.25, -0.2) is 0 Å². The van der Waals surface area contributed by atoms with Gasteiger partial charge in [0, 0.05) is 19.2 Å². The summed E-state index contributed by atoms with van der Waals surface area (Å²) in [6.07, 6.45) is 1.51. The fraction of sp³-hybridized carbons (Fsp3) is 0.625. The Bertz CT molecular complexity index is 393. The van der Waals surface area contributed by atoms with Crippen molar-refractivity contribution in [1.82, 2.24) is 4.90 Å². The first-order valence-electron chi connectivity index (χ1n) is 7.10. The standard InChI is InChI=1S/C16H25NO2/c1-12-8-13(2)10-14(9-12)16(18)4-6-17(3)15-5-7-19-11-15/h8-10,15-16,18H,4-7,11H2,1-3H3. The van der Waals surface area contributed by atoms with Crippen LogP contribution in [0.4, 0.5) is 0 Å². The highest BCUT2D eigenvalue weighted by molar-refractivity contribution is 5.29. The van der Waals surface area contributed by atoms with E-state index in [0.29, 0.717) is 6.04 Å². The predicted molar refractivity (Wildman–Crippen MR) is 77.3 cm³/mol. The molecule has 0 aromatic heterocycles. The minimum Gasteiger partial charge on any atom is -0.388 e. The molecule has 0 amide bonds. The Morgan fingerprint density at radius 1 is 1.32 bits per heavy atom. The van der Waals surface area contributed by atoms with Crippen LogP contribution in [-0.2, 0) is 4.74 Å². The normalized spacial score (nSPS) is 21.0. The summed E-state index contributed by atoms with van der Waals surface area (Å²) in [6.45, 7) is 6.75. The monoisotopic (exact) mass is 263 g/mol. The van der Waals surface area contributed by atoms with Gasteiger partial charge in [0.05, 0.1) is 12.7 Å². The van der Waals surface area contributed by atoms with Gasteiger partial charge in [0.2, 0.25) is 0 Å². The maximum absolute atomic E-state index is 10.3. The highest BCUT2D eigenvalue weighted by Gasteiger charge is 2.20. The van der Waals surface area contributed by atoms with E-state index in [4.69, 9.17) is 4.74 Å². The van der Waals surface area contributed by atoms with Crippen molar-refractivity contribution in [1.29, 1.82) is 0 Å². The summed E-state index contributed by atoms with van der Waals surface area (Å²) in [7, 11) is 2.12. The topological polar surface area (TPSA) is 32.7 Å². The number of hydrogen-bond acceptors (Lipinski definition) is 3. The number of benzene rings is 1. The van der Waals surface area contributed by atoms with Crippen LogP contribution in [0.5, 0.6) is 0 Å². The Morgan fingerprint density at radius 3 is 2.58 bits per heavy atom. The van der Waals surface area contributed by atoms with E-state index >= 15 is 0 Å². The summed E-state index contributed by atoms with van der Waals surface area (Å²) in [5.41, 5.74) is 3.46. The second-order valence-corrected chi connectivity index (χ2v) is 5.72. The molecule has 106 valence electrons. The lowest BCUT2D eigenvalue weighted by Gasteiger charge is -2.24. The van der Waals surface area contributed by atoms with Crippen molar-refractivity contribution in [2.45, 2.75) is 38.8 Å². The van der Waals surface area contributed by atoms with Gasteiger partial charge in [-0.2, -0.15) is 0 Å². The van der Waals surface area contributed by atoms with Gasteiger partial charge < -0.3 is 14.7 Å². The zero-order chi connectivity index (χ0) is 13.8. The van der Waals surface area contributed by atoms with Crippen molar-refractivity contribution in [2.24, 2.45) is 0 Å². The smallest absolute Gasteiger partial charge is 0.0802 e. The highest BCUT2D eigenvalue weighted by Crippen LogP contribution is 2.21. The third-order valence-electron chi connectivity index (χ3n) is 3.91. The Morgan fingerprint density at radius 2 is 2.00 bits per heavy atom. The van der Waals surface area contributed by atoms with E-state index in [1.54, 1.807) is 0 Å². The minimum atomic E-state index is -0.372. The molecule has 0 spiro atoms. The maximum atomic E-state index is 10.3. The molecule has 1 aromatic rings. The zero-order valence-electron chi connectivity index (χ0n) is 12.2. The van der Waals surface area contributed by atoms with E-state index in [-0.39, 0.29) is 6.10 Å². The molecule has 0 radical (unpaired) electrons. The lowest BCUT2D eigenvalue weighted by atomic mass is 10.0. The van der Waals surface area contributed by atoms with E-state index in [0.717, 1.165) is 38.2 Å². The number of nitrogens with zero attached hydrogens (tertiary/aromatic N) is 1. The zero-order valence-corrected chi connectivity index (χ0v) is 12.2. The third kappa shape index (κ3) is 4.03. The summed E-state index contributed by atoms with van der Waals surface area (Å²) >= 11 is 0. The van der Waals surface area contributed by atoms with Crippen LogP contribution in [0.1, 0.15) is 35.6 Å². The number of aliphatic hydroxyl groups is 1. The number of ether oxygens (including phenoxy) is 1. The van der Waals surface area contributed by atoms with Gasteiger partial charge in [-0.1, -0.05) is 29.3 Å². The van der Waals surface area contributed by atoms with Crippen LogP contribution in [0.25, 0.3) is 0 Å². The quantitative estimate of drug-likeness (QED) is 0.885. The summed E-state index contributed by atoms with van der Waals surface area (Å²) in [5, 5.41) is 10.3. The van der Waals surface area contributed by atoms with Gasteiger partial charge in [-0.3, -0.25) is 0 Å². The molecule has 1 N–H and O–H groups in total. The minimum absolute atomic E-state index is 0.372. The van der Waals surface area contributed by atoms with Crippen LogP contribution in [0.2, 0.25) is 0 Å². The number of aryl methyl sites for hydroxylation is 2. The van der Waals surface area contributed by atoms with Crippen LogP contribution in [0.15, 0.2) is 18.2 Å². The average molecular weight is 263 g/mol. The van der Waals surface area contributed by atoms with Crippen molar-refractivity contribution >= 4 is 0 Å². The van der Waals surface area contributed by atoms with Crippen LogP contribution < -0.4 is 0 Å². The van der Waals surface area contributed by atoms with Gasteiger partial charge in [0.15, 0.2) is 0 Å². The fourth-order valence-electron chi connectivity index (χ4n) is 2.75. The van der Waals surface area contributed by atoms with E-state index < -0.39 is 0 Å². The summed E-state index contributed by atoms with van der Waals surface area (Å²) in [4.78, 5) is 2.30. The van der Waals surface area contributed by atoms with Crippen molar-refractivity contribution in [3.63, 3.8) is 0 Å². The first-order chi connectivity index (χ1) is 9.06. The number of likely N-dealkylation sites (N-methyl/N-ethyl adjacent to an activating group) is 1. The molecule has 1 saturated heterocycles. The predicted octanol–water partition coefficient (Wildman–Crippen LogP) is 2.45. The number of rotatable bonds is 5. The molecule has 0 bridgehead atoms. The molecule has 0 aliphatic carbocycles. The second-order valence-electron chi connectivity index (χ2n) is 5.72. The van der Waals surface area contributed by atoms with Gasteiger partial charge >= 0.3 is 0 Å². The fourth-order valence-corrected chi connectivity index (χ4v) is 2.75. The molecule has 3 heteroatoms. The molecule has 1 fully saturated rings. The lowest BCUT2D eigenvalue weighted by Crippen LogP contribution is -2.33. The molecule has 2 atom stereocenters. The van der Waals surface area contributed by atoms with Crippen LogP contribution >= 0.6 is 0 Å². The molecule has 2 unspecified atom stereocenters. The van der Waals surface area contributed by atoms with Crippen LogP contribution in [-0.4, -0.2) is 42.9 Å². The van der Waals surface area contributed by atoms with Gasteiger partial charge in [0.25, 0.3) is 0 Å². The molecule has 1 aliphatic rings. The van der Waals surface area contributed by atoms with Crippen LogP contribution in [0.3, 0.4) is 0 Å². The Kier molecular flexibility index (Phi) is 4.97. The third-order valence-corrected chi connectivity index (χ3v) is 3.91. The summed E-state index contributed by atoms with van der Waals surface area (Å²) < 4.78 is 5.40. The average Bonchev–Trinajstić information content (AvgIpc) is 2.88. The Labute approximate surface area is 116 Å². The maximum Gasteiger partial charge on any atom is 0.0802 e. The van der Waals surface area contributed by atoms with Crippen molar-refractivity contribution in [2.75, 3.05) is 26.8 Å². The van der Waals surface area contributed by atoms with Gasteiger partial charge in [0.1, 0.15) is 0 Å². The number of hydrogen-bond donors (Lipinski definition) is 1. The summed E-state index contributed by atoms with van der Waals surface area (Å²) in [5.74, 6) is 0. The molecule has 1 aliphatic heterocycles. The van der Waals surface area contributed by atoms with Gasteiger partial charge in [-0.15, -0.1) is 0 Å². The van der Waals surface area contributed by atoms with Crippen LogP contribution in [0, 0.1) is 13.8 Å². The Hall–Kier alpha value is -0.900. The van der Waals surface area contributed by atoms with E-state index in [9.17, 15) is 5.11 Å². The van der Waals surface area contributed by atoms with E-state index in [2.05, 4.69) is 44.0 Å². The lowest BCUT2D eigenvalue weighted by molar-refractivity contribution is 0.124. The molecule has 2 rings (SSSR count). The highest BCUT2D eigenvalue weighted by atomic mass is 16.5. The second kappa shape index (κ2) is 6.51. The van der Waals surface area contributed by atoms with Crippen molar-refractivity contribution in [3.05, 3.63) is 34.9 Å². The molecular weight excluding hydrogens is 238 g/mol. The van der Waals surface area contributed by atoms with Gasteiger partial charge in [-0.05, 0) is 39.3 Å². The first-order valence-corrected chi connectivity index (χ1v) is 7.10. The molecule has 19 heavy (non-hydrogen) atoms. The summed E-state index contributed by atoms with van der Waals surface area (Å²) in [6, 6.07) is 6.82. The molecule has 3 nitrogen and oxygen atoms in total. The largest absolute Gasteiger partial charge is 0.388 e. The first kappa shape index (κ1) is 14.5. The molecule has 0 saturated carbocycles. The molecule has 1 aromatic carbocycles. The van der Waals surface area contributed by atoms with Crippen molar-refractivity contribution in [3.8, 4) is 0 Å². The Balaban J connectivity index is 1.87. The SMILES string of the molecule is Cc1cc(C)cc(C(O)CCN(C)C2CCOC2)c1. The van der Waals surface area contributed by atoms with E-state index in [1.165, 1.54) is 11.1 Å². The van der Waals surface area contributed by atoms with Crippen molar-refractivity contribution < 1.29 is 9.84 Å².